The second-order valence-electron chi connectivity index (χ2n) is 7.26. The fraction of sp³-hybridized carbons (Fsp3) is 0.632. The molecule has 0 aliphatic carbocycles. The fourth-order valence-electron chi connectivity index (χ4n) is 3.69. The van der Waals surface area contributed by atoms with Crippen molar-refractivity contribution in [2.75, 3.05) is 19.6 Å². The van der Waals surface area contributed by atoms with Crippen molar-refractivity contribution in [2.45, 2.75) is 46.1 Å². The third-order valence-electron chi connectivity index (χ3n) is 4.50. The Morgan fingerprint density at radius 3 is 2.61 bits per heavy atom. The summed E-state index contributed by atoms with van der Waals surface area (Å²) in [5.74, 6) is 1.80. The molecule has 4 heteroatoms. The quantitative estimate of drug-likeness (QED) is 0.848. The highest BCUT2D eigenvalue weighted by atomic mass is 16.3. The zero-order chi connectivity index (χ0) is 16.8. The molecule has 128 valence electrons. The number of hydrogen-bond donors (Lipinski definition) is 2. The maximum absolute atomic E-state index is 12.1. The number of phenols is 1. The molecule has 1 aliphatic rings. The lowest BCUT2D eigenvalue weighted by Crippen LogP contribution is -2.47. The van der Waals surface area contributed by atoms with Gasteiger partial charge in [0.05, 0.1) is 0 Å². The summed E-state index contributed by atoms with van der Waals surface area (Å²) < 4.78 is 0. The van der Waals surface area contributed by atoms with Crippen molar-refractivity contribution in [2.24, 2.45) is 11.8 Å². The molecule has 4 nitrogen and oxygen atoms in total. The summed E-state index contributed by atoms with van der Waals surface area (Å²) in [6.07, 6.45) is 2.29. The van der Waals surface area contributed by atoms with Gasteiger partial charge in [-0.05, 0) is 43.2 Å². The molecule has 1 saturated heterocycles. The Morgan fingerprint density at radius 1 is 1.30 bits per heavy atom. The average Bonchev–Trinajstić information content (AvgIpc) is 2.45. The minimum absolute atomic E-state index is 0.0545. The van der Waals surface area contributed by atoms with E-state index in [1.165, 1.54) is 6.42 Å². The summed E-state index contributed by atoms with van der Waals surface area (Å²) in [7, 11) is 0. The van der Waals surface area contributed by atoms with Gasteiger partial charge in [0.15, 0.2) is 0 Å². The summed E-state index contributed by atoms with van der Waals surface area (Å²) in [6, 6.07) is 7.36. The molecule has 1 aromatic rings. The first-order valence-electron chi connectivity index (χ1n) is 8.72. The van der Waals surface area contributed by atoms with Gasteiger partial charge in [0.2, 0.25) is 5.91 Å². The van der Waals surface area contributed by atoms with Crippen molar-refractivity contribution in [3.63, 3.8) is 0 Å². The predicted octanol–water partition coefficient (Wildman–Crippen LogP) is 2.81. The molecule has 1 aromatic carbocycles. The zero-order valence-corrected chi connectivity index (χ0v) is 14.6. The molecule has 1 fully saturated rings. The molecule has 0 radical (unpaired) electrons. The SMILES string of the molecule is CC1CC(C)CN(CC(C)NC(=O)CCc2ccccc2O)C1. The third-order valence-corrected chi connectivity index (χ3v) is 4.50. The molecule has 1 heterocycles. The van der Waals surface area contributed by atoms with Gasteiger partial charge < -0.3 is 15.3 Å². The van der Waals surface area contributed by atoms with Crippen molar-refractivity contribution in [3.8, 4) is 5.75 Å². The van der Waals surface area contributed by atoms with Crippen molar-refractivity contribution in [1.29, 1.82) is 0 Å². The van der Waals surface area contributed by atoms with Gasteiger partial charge in [-0.1, -0.05) is 32.0 Å². The first-order chi connectivity index (χ1) is 10.9. The Kier molecular flexibility index (Phi) is 6.46. The number of nitrogens with zero attached hydrogens (tertiary/aromatic N) is 1. The molecule has 1 aliphatic heterocycles. The topological polar surface area (TPSA) is 52.6 Å². The van der Waals surface area contributed by atoms with Gasteiger partial charge in [0.25, 0.3) is 0 Å². The van der Waals surface area contributed by atoms with Crippen LogP contribution in [-0.2, 0) is 11.2 Å². The van der Waals surface area contributed by atoms with Gasteiger partial charge in [-0.15, -0.1) is 0 Å². The van der Waals surface area contributed by atoms with E-state index in [2.05, 4.69) is 31.0 Å². The standard InChI is InChI=1S/C19H30N2O2/c1-14-10-15(2)12-21(11-14)13-16(3)20-19(23)9-8-17-6-4-5-7-18(17)22/h4-7,14-16,22H,8-13H2,1-3H3,(H,20,23). The van der Waals surface area contributed by atoms with E-state index in [-0.39, 0.29) is 17.7 Å². The molecule has 3 atom stereocenters. The van der Waals surface area contributed by atoms with Crippen LogP contribution in [-0.4, -0.2) is 41.6 Å². The average molecular weight is 318 g/mol. The Bertz CT molecular complexity index is 508. The van der Waals surface area contributed by atoms with E-state index in [1.807, 2.05) is 12.1 Å². The monoisotopic (exact) mass is 318 g/mol. The summed E-state index contributed by atoms with van der Waals surface area (Å²) >= 11 is 0. The molecular weight excluding hydrogens is 288 g/mol. The van der Waals surface area contributed by atoms with Gasteiger partial charge in [0.1, 0.15) is 5.75 Å². The van der Waals surface area contributed by atoms with Crippen LogP contribution >= 0.6 is 0 Å². The first kappa shape index (κ1) is 17.8. The summed E-state index contributed by atoms with van der Waals surface area (Å²) in [5.41, 5.74) is 0.828. The van der Waals surface area contributed by atoms with Crippen LogP contribution < -0.4 is 5.32 Å². The number of aromatic hydroxyl groups is 1. The third kappa shape index (κ3) is 5.87. The summed E-state index contributed by atoms with van der Waals surface area (Å²) in [5, 5.41) is 12.8. The van der Waals surface area contributed by atoms with Crippen LogP contribution in [0.4, 0.5) is 0 Å². The minimum Gasteiger partial charge on any atom is -0.508 e. The van der Waals surface area contributed by atoms with Gasteiger partial charge >= 0.3 is 0 Å². The lowest BCUT2D eigenvalue weighted by molar-refractivity contribution is -0.121. The van der Waals surface area contributed by atoms with Gasteiger partial charge in [-0.25, -0.2) is 0 Å². The summed E-state index contributed by atoms with van der Waals surface area (Å²) in [4.78, 5) is 14.6. The molecule has 0 saturated carbocycles. The van der Waals surface area contributed by atoms with E-state index >= 15 is 0 Å². The molecule has 0 bridgehead atoms. The fourth-order valence-corrected chi connectivity index (χ4v) is 3.69. The first-order valence-corrected chi connectivity index (χ1v) is 8.72. The highest BCUT2D eigenvalue weighted by Crippen LogP contribution is 2.21. The zero-order valence-electron chi connectivity index (χ0n) is 14.6. The van der Waals surface area contributed by atoms with Crippen LogP contribution in [0, 0.1) is 11.8 Å². The minimum atomic E-state index is 0.0545. The molecule has 2 rings (SSSR count). The van der Waals surface area contributed by atoms with Gasteiger partial charge in [-0.3, -0.25) is 4.79 Å². The number of amides is 1. The number of nitrogens with one attached hydrogen (secondary N) is 1. The van der Waals surface area contributed by atoms with E-state index < -0.39 is 0 Å². The van der Waals surface area contributed by atoms with Crippen molar-refractivity contribution < 1.29 is 9.90 Å². The maximum atomic E-state index is 12.1. The lowest BCUT2D eigenvalue weighted by atomic mass is 9.92. The molecule has 1 amide bonds. The Morgan fingerprint density at radius 2 is 1.96 bits per heavy atom. The Hall–Kier alpha value is -1.55. The lowest BCUT2D eigenvalue weighted by Gasteiger charge is -2.36. The van der Waals surface area contributed by atoms with Crippen LogP contribution in [0.25, 0.3) is 0 Å². The Balaban J connectivity index is 1.73. The molecule has 0 spiro atoms. The highest BCUT2D eigenvalue weighted by molar-refractivity contribution is 5.76. The predicted molar refractivity (Wildman–Crippen MR) is 93.4 cm³/mol. The van der Waals surface area contributed by atoms with E-state index in [1.54, 1.807) is 12.1 Å². The van der Waals surface area contributed by atoms with Gasteiger partial charge in [0, 0.05) is 32.1 Å². The largest absolute Gasteiger partial charge is 0.508 e. The van der Waals surface area contributed by atoms with E-state index in [0.29, 0.717) is 12.8 Å². The number of carbonyl (C=O) groups is 1. The number of hydrogen-bond acceptors (Lipinski definition) is 3. The highest BCUT2D eigenvalue weighted by Gasteiger charge is 2.23. The van der Waals surface area contributed by atoms with Crippen LogP contribution in [0.3, 0.4) is 0 Å². The van der Waals surface area contributed by atoms with Gasteiger partial charge in [-0.2, -0.15) is 0 Å². The van der Waals surface area contributed by atoms with E-state index in [4.69, 9.17) is 0 Å². The van der Waals surface area contributed by atoms with E-state index in [9.17, 15) is 9.90 Å². The van der Waals surface area contributed by atoms with E-state index in [0.717, 1.165) is 37.0 Å². The number of aryl methyl sites for hydroxylation is 1. The molecule has 3 unspecified atom stereocenters. The van der Waals surface area contributed by atoms with Crippen LogP contribution in [0.15, 0.2) is 24.3 Å². The number of para-hydroxylation sites is 1. The van der Waals surface area contributed by atoms with Crippen LogP contribution in [0.2, 0.25) is 0 Å². The molecule has 0 aromatic heterocycles. The normalized spacial score (nSPS) is 23.4. The van der Waals surface area contributed by atoms with Crippen LogP contribution in [0.5, 0.6) is 5.75 Å². The smallest absolute Gasteiger partial charge is 0.220 e. The Labute approximate surface area is 139 Å². The second-order valence-corrected chi connectivity index (χ2v) is 7.26. The number of rotatable bonds is 6. The number of carbonyl (C=O) groups excluding carboxylic acids is 1. The number of likely N-dealkylation sites (tertiary alicyclic amines) is 1. The number of benzene rings is 1. The van der Waals surface area contributed by atoms with Crippen molar-refractivity contribution in [1.82, 2.24) is 10.2 Å². The van der Waals surface area contributed by atoms with Crippen molar-refractivity contribution in [3.05, 3.63) is 29.8 Å². The number of piperidine rings is 1. The molecular formula is C19H30N2O2. The van der Waals surface area contributed by atoms with Crippen LogP contribution in [0.1, 0.15) is 39.2 Å². The second kappa shape index (κ2) is 8.34. The maximum Gasteiger partial charge on any atom is 0.220 e. The molecule has 23 heavy (non-hydrogen) atoms. The number of phenolic OH excluding ortho intramolecular Hbond substituents is 1. The van der Waals surface area contributed by atoms with Crippen molar-refractivity contribution >= 4 is 5.91 Å². The summed E-state index contributed by atoms with van der Waals surface area (Å²) in [6.45, 7) is 9.85. The molecule has 2 N–H and O–H groups in total.